The Morgan fingerprint density at radius 1 is 1.62 bits per heavy atom. The Bertz CT molecular complexity index is 334. The van der Waals surface area contributed by atoms with E-state index >= 15 is 0 Å². The number of amides is 1. The molecule has 1 aromatic heterocycles. The molecule has 1 unspecified atom stereocenters. The Balaban J connectivity index is 2.36. The first-order chi connectivity index (χ1) is 7.65. The fraction of sp³-hybridized carbons (Fsp3) is 0.636. The van der Waals surface area contributed by atoms with E-state index in [9.17, 15) is 4.79 Å². The van der Waals surface area contributed by atoms with Gasteiger partial charge in [-0.05, 0) is 19.4 Å². The minimum absolute atomic E-state index is 0.0146. The monoisotopic (exact) mass is 224 g/mol. The Morgan fingerprint density at radius 2 is 2.38 bits per heavy atom. The minimum atomic E-state index is -0.307. The van der Waals surface area contributed by atoms with Gasteiger partial charge in [0.15, 0.2) is 0 Å². The number of nitrogen functional groups attached to an aromatic ring is 1. The van der Waals surface area contributed by atoms with Crippen LogP contribution in [0.25, 0.3) is 0 Å². The molecule has 0 aliphatic heterocycles. The fourth-order valence-electron chi connectivity index (χ4n) is 1.42. The van der Waals surface area contributed by atoms with Crippen LogP contribution in [0.15, 0.2) is 12.3 Å². The second-order valence-corrected chi connectivity index (χ2v) is 3.89. The molecule has 5 nitrogen and oxygen atoms in total. The largest absolute Gasteiger partial charge is 0.382 e. The van der Waals surface area contributed by atoms with Gasteiger partial charge in [-0.2, -0.15) is 5.10 Å². The second-order valence-electron chi connectivity index (χ2n) is 3.89. The molecule has 0 radical (unpaired) electrons. The number of carbonyl (C=O) groups excluding carboxylic acids is 1. The van der Waals surface area contributed by atoms with Gasteiger partial charge in [-0.25, -0.2) is 0 Å². The molecule has 0 spiro atoms. The maximum Gasteiger partial charge on any atom is 0.244 e. The zero-order chi connectivity index (χ0) is 12.0. The lowest BCUT2D eigenvalue weighted by Crippen LogP contribution is -2.32. The molecular formula is C11H20N4O. The lowest BCUT2D eigenvalue weighted by molar-refractivity contribution is -0.124. The van der Waals surface area contributed by atoms with E-state index in [1.54, 1.807) is 16.9 Å². The summed E-state index contributed by atoms with van der Waals surface area (Å²) in [7, 11) is 0. The van der Waals surface area contributed by atoms with Crippen LogP contribution in [0.3, 0.4) is 0 Å². The van der Waals surface area contributed by atoms with Gasteiger partial charge in [0.1, 0.15) is 11.9 Å². The molecule has 3 N–H and O–H groups in total. The predicted molar refractivity (Wildman–Crippen MR) is 63.9 cm³/mol. The quantitative estimate of drug-likeness (QED) is 0.716. The summed E-state index contributed by atoms with van der Waals surface area (Å²) in [6, 6.07) is 1.37. The highest BCUT2D eigenvalue weighted by molar-refractivity contribution is 5.79. The zero-order valence-corrected chi connectivity index (χ0v) is 9.94. The summed E-state index contributed by atoms with van der Waals surface area (Å²) in [5, 5.41) is 6.89. The molecule has 0 bridgehead atoms. The lowest BCUT2D eigenvalue weighted by atomic mass is 10.2. The van der Waals surface area contributed by atoms with Crippen LogP contribution >= 0.6 is 0 Å². The summed E-state index contributed by atoms with van der Waals surface area (Å²) >= 11 is 0. The van der Waals surface area contributed by atoms with Crippen molar-refractivity contribution in [3.63, 3.8) is 0 Å². The Morgan fingerprint density at radius 3 is 2.94 bits per heavy atom. The minimum Gasteiger partial charge on any atom is -0.382 e. The third kappa shape index (κ3) is 3.56. The number of nitrogens with one attached hydrogen (secondary N) is 1. The van der Waals surface area contributed by atoms with E-state index in [0.717, 1.165) is 25.8 Å². The average Bonchev–Trinajstić information content (AvgIpc) is 2.70. The van der Waals surface area contributed by atoms with Crippen molar-refractivity contribution in [1.29, 1.82) is 0 Å². The van der Waals surface area contributed by atoms with Gasteiger partial charge in [0.25, 0.3) is 0 Å². The maximum absolute atomic E-state index is 11.7. The van der Waals surface area contributed by atoms with Crippen molar-refractivity contribution in [3.05, 3.63) is 12.3 Å². The number of hydrogen-bond acceptors (Lipinski definition) is 3. The second kappa shape index (κ2) is 6.15. The van der Waals surface area contributed by atoms with E-state index in [1.165, 1.54) is 0 Å². The molecule has 16 heavy (non-hydrogen) atoms. The van der Waals surface area contributed by atoms with E-state index < -0.39 is 0 Å². The van der Waals surface area contributed by atoms with Crippen LogP contribution in [-0.4, -0.2) is 22.2 Å². The Labute approximate surface area is 96.0 Å². The number of anilines is 1. The third-order valence-electron chi connectivity index (χ3n) is 2.48. The van der Waals surface area contributed by atoms with E-state index in [-0.39, 0.29) is 11.9 Å². The molecule has 0 saturated carbocycles. The average molecular weight is 224 g/mol. The predicted octanol–water partition coefficient (Wildman–Crippen LogP) is 1.33. The Hall–Kier alpha value is -1.52. The van der Waals surface area contributed by atoms with E-state index in [0.29, 0.717) is 5.82 Å². The first kappa shape index (κ1) is 12.5. The number of unbranched alkanes of at least 4 members (excludes halogenated alkanes) is 2. The van der Waals surface area contributed by atoms with Crippen molar-refractivity contribution in [1.82, 2.24) is 15.1 Å². The Kier molecular flexibility index (Phi) is 4.82. The molecule has 0 saturated heterocycles. The van der Waals surface area contributed by atoms with Crippen LogP contribution in [0.5, 0.6) is 0 Å². The number of carbonyl (C=O) groups is 1. The van der Waals surface area contributed by atoms with Gasteiger partial charge in [0, 0.05) is 12.7 Å². The highest BCUT2D eigenvalue weighted by Crippen LogP contribution is 2.06. The summed E-state index contributed by atoms with van der Waals surface area (Å²) in [6.07, 6.45) is 5.03. The molecule has 5 heteroatoms. The summed E-state index contributed by atoms with van der Waals surface area (Å²) in [6.45, 7) is 4.67. The van der Waals surface area contributed by atoms with Crippen LogP contribution in [0, 0.1) is 0 Å². The highest BCUT2D eigenvalue weighted by Gasteiger charge is 2.14. The van der Waals surface area contributed by atoms with Gasteiger partial charge < -0.3 is 11.1 Å². The van der Waals surface area contributed by atoms with Gasteiger partial charge in [0.2, 0.25) is 5.91 Å². The van der Waals surface area contributed by atoms with Crippen molar-refractivity contribution in [3.8, 4) is 0 Å². The van der Waals surface area contributed by atoms with Crippen molar-refractivity contribution in [2.24, 2.45) is 0 Å². The summed E-state index contributed by atoms with van der Waals surface area (Å²) < 4.78 is 1.57. The molecule has 1 heterocycles. The summed E-state index contributed by atoms with van der Waals surface area (Å²) in [5.41, 5.74) is 5.49. The topological polar surface area (TPSA) is 72.9 Å². The number of hydrogen-bond donors (Lipinski definition) is 2. The summed E-state index contributed by atoms with van der Waals surface area (Å²) in [4.78, 5) is 11.7. The summed E-state index contributed by atoms with van der Waals surface area (Å²) in [5.74, 6) is 0.421. The molecule has 1 atom stereocenters. The zero-order valence-electron chi connectivity index (χ0n) is 9.94. The smallest absolute Gasteiger partial charge is 0.244 e. The van der Waals surface area contributed by atoms with E-state index in [4.69, 9.17) is 5.73 Å². The molecule has 0 aliphatic rings. The van der Waals surface area contributed by atoms with Crippen molar-refractivity contribution in [2.75, 3.05) is 12.3 Å². The van der Waals surface area contributed by atoms with Crippen molar-refractivity contribution >= 4 is 11.7 Å². The third-order valence-corrected chi connectivity index (χ3v) is 2.48. The molecule has 0 fully saturated rings. The molecule has 1 rings (SSSR count). The van der Waals surface area contributed by atoms with Crippen LogP contribution < -0.4 is 11.1 Å². The number of nitrogens with two attached hydrogens (primary N) is 1. The SMILES string of the molecule is CCCCCNC(=O)C(C)n1ccc(N)n1. The molecule has 0 aromatic carbocycles. The van der Waals surface area contributed by atoms with Crippen LogP contribution in [0.2, 0.25) is 0 Å². The van der Waals surface area contributed by atoms with Gasteiger partial charge >= 0.3 is 0 Å². The molecule has 90 valence electrons. The lowest BCUT2D eigenvalue weighted by Gasteiger charge is -2.12. The first-order valence-electron chi connectivity index (χ1n) is 5.73. The number of rotatable bonds is 6. The van der Waals surface area contributed by atoms with Gasteiger partial charge in [-0.3, -0.25) is 9.48 Å². The fourth-order valence-corrected chi connectivity index (χ4v) is 1.42. The van der Waals surface area contributed by atoms with E-state index in [2.05, 4.69) is 17.3 Å². The van der Waals surface area contributed by atoms with Crippen molar-refractivity contribution in [2.45, 2.75) is 39.2 Å². The van der Waals surface area contributed by atoms with Crippen LogP contribution in [0.4, 0.5) is 5.82 Å². The number of nitrogens with zero attached hydrogens (tertiary/aromatic N) is 2. The van der Waals surface area contributed by atoms with Crippen LogP contribution in [-0.2, 0) is 4.79 Å². The first-order valence-corrected chi connectivity index (χ1v) is 5.73. The van der Waals surface area contributed by atoms with E-state index in [1.807, 2.05) is 6.92 Å². The van der Waals surface area contributed by atoms with Gasteiger partial charge in [0.05, 0.1) is 0 Å². The maximum atomic E-state index is 11.7. The molecule has 0 aliphatic carbocycles. The normalized spacial score (nSPS) is 12.4. The standard InChI is InChI=1S/C11H20N4O/c1-3-4-5-7-13-11(16)9(2)15-8-6-10(12)14-15/h6,8-9H,3-5,7H2,1-2H3,(H2,12,14)(H,13,16). The highest BCUT2D eigenvalue weighted by atomic mass is 16.2. The van der Waals surface area contributed by atoms with Crippen LogP contribution in [0.1, 0.15) is 39.2 Å². The molecular weight excluding hydrogens is 204 g/mol. The molecule has 1 amide bonds. The van der Waals surface area contributed by atoms with Gasteiger partial charge in [-0.15, -0.1) is 0 Å². The van der Waals surface area contributed by atoms with Crippen molar-refractivity contribution < 1.29 is 4.79 Å². The molecule has 1 aromatic rings. The number of aromatic nitrogens is 2. The van der Waals surface area contributed by atoms with Gasteiger partial charge in [-0.1, -0.05) is 19.8 Å².